The lowest BCUT2D eigenvalue weighted by molar-refractivity contribution is 0.160. The number of guanidine groups is 1. The first-order chi connectivity index (χ1) is 12.2. The topological polar surface area (TPSA) is 65.0 Å². The van der Waals surface area contributed by atoms with Gasteiger partial charge in [0, 0.05) is 32.7 Å². The Kier molecular flexibility index (Phi) is 7.36. The van der Waals surface area contributed by atoms with Crippen molar-refractivity contribution in [3.63, 3.8) is 0 Å². The largest absolute Gasteiger partial charge is 0.355 e. The summed E-state index contributed by atoms with van der Waals surface area (Å²) < 4.78 is 23.8. The first-order valence-electron chi connectivity index (χ1n) is 10.1. The van der Waals surface area contributed by atoms with Crippen molar-refractivity contribution in [2.45, 2.75) is 64.2 Å². The number of likely N-dealkylation sites (tertiary alicyclic amines) is 1. The van der Waals surface area contributed by atoms with E-state index < -0.39 is 14.6 Å². The average molecular weight is 387 g/mol. The van der Waals surface area contributed by atoms with Crippen molar-refractivity contribution in [1.29, 1.82) is 0 Å². The second-order valence-electron chi connectivity index (χ2n) is 8.69. The molecule has 2 rings (SSSR count). The van der Waals surface area contributed by atoms with E-state index in [9.17, 15) is 8.42 Å². The summed E-state index contributed by atoms with van der Waals surface area (Å²) in [5.41, 5.74) is 0. The fourth-order valence-electron chi connectivity index (χ4n) is 4.07. The summed E-state index contributed by atoms with van der Waals surface area (Å²) in [6.07, 6.45) is 5.26. The van der Waals surface area contributed by atoms with Crippen molar-refractivity contribution in [3.8, 4) is 0 Å². The fraction of sp³-hybridized carbons (Fsp3) is 0.947. The van der Waals surface area contributed by atoms with Crippen LogP contribution in [0.15, 0.2) is 4.99 Å². The van der Waals surface area contributed by atoms with E-state index in [0.717, 1.165) is 12.5 Å². The van der Waals surface area contributed by atoms with Gasteiger partial charge in [-0.05, 0) is 45.7 Å². The molecule has 0 spiro atoms. The van der Waals surface area contributed by atoms with Crippen LogP contribution in [-0.4, -0.2) is 80.5 Å². The van der Waals surface area contributed by atoms with Gasteiger partial charge < -0.3 is 10.2 Å². The molecule has 0 amide bonds. The number of aliphatic imine (C=N–C) groups is 1. The van der Waals surface area contributed by atoms with Gasteiger partial charge in [0.15, 0.2) is 15.8 Å². The maximum Gasteiger partial charge on any atom is 0.193 e. The van der Waals surface area contributed by atoms with E-state index in [0.29, 0.717) is 25.0 Å². The van der Waals surface area contributed by atoms with Crippen LogP contribution < -0.4 is 5.32 Å². The quantitative estimate of drug-likeness (QED) is 0.591. The van der Waals surface area contributed by atoms with E-state index >= 15 is 0 Å². The van der Waals surface area contributed by atoms with E-state index in [2.05, 4.69) is 34.0 Å². The summed E-state index contributed by atoms with van der Waals surface area (Å²) in [6, 6.07) is 0.478. The lowest BCUT2D eigenvalue weighted by Gasteiger charge is -2.40. The highest BCUT2D eigenvalue weighted by Crippen LogP contribution is 2.24. The van der Waals surface area contributed by atoms with Crippen LogP contribution in [0.2, 0.25) is 0 Å². The van der Waals surface area contributed by atoms with Crippen LogP contribution in [0.1, 0.15) is 53.4 Å². The SMILES string of the molecule is CN=C(NCC(C(C)C)N1CCCCCC1)N1CCS(=O)(=O)C(C)(C)C1. The number of hydrogen-bond donors (Lipinski definition) is 1. The Balaban J connectivity index is 2.00. The second kappa shape index (κ2) is 8.91. The molecule has 2 aliphatic rings. The molecule has 7 heteroatoms. The van der Waals surface area contributed by atoms with Crippen LogP contribution in [-0.2, 0) is 9.84 Å². The van der Waals surface area contributed by atoms with E-state index in [-0.39, 0.29) is 5.75 Å². The van der Waals surface area contributed by atoms with Crippen molar-refractivity contribution < 1.29 is 8.42 Å². The first-order valence-corrected chi connectivity index (χ1v) is 11.7. The lowest BCUT2D eigenvalue weighted by Crippen LogP contribution is -2.58. The van der Waals surface area contributed by atoms with Gasteiger partial charge in [0.2, 0.25) is 0 Å². The highest BCUT2D eigenvalue weighted by atomic mass is 32.2. The molecule has 0 saturated carbocycles. The summed E-state index contributed by atoms with van der Waals surface area (Å²) >= 11 is 0. The minimum absolute atomic E-state index is 0.195. The number of nitrogens with one attached hydrogen (secondary N) is 1. The molecular weight excluding hydrogens is 348 g/mol. The van der Waals surface area contributed by atoms with Crippen LogP contribution in [0.5, 0.6) is 0 Å². The molecule has 2 saturated heterocycles. The van der Waals surface area contributed by atoms with Crippen LogP contribution in [0.4, 0.5) is 0 Å². The number of nitrogens with zero attached hydrogens (tertiary/aromatic N) is 3. The Labute approximate surface area is 160 Å². The fourth-order valence-corrected chi connectivity index (χ4v) is 5.43. The van der Waals surface area contributed by atoms with Gasteiger partial charge in [0.05, 0.1) is 10.5 Å². The van der Waals surface area contributed by atoms with Gasteiger partial charge in [0.25, 0.3) is 0 Å². The van der Waals surface area contributed by atoms with Gasteiger partial charge in [-0.1, -0.05) is 26.7 Å². The zero-order valence-electron chi connectivity index (χ0n) is 17.3. The lowest BCUT2D eigenvalue weighted by atomic mass is 10.0. The molecule has 0 aromatic rings. The Bertz CT molecular complexity index is 578. The summed E-state index contributed by atoms with van der Waals surface area (Å²) in [6.45, 7) is 12.4. The Hall–Kier alpha value is -0.820. The summed E-state index contributed by atoms with van der Waals surface area (Å²) in [4.78, 5) is 9.16. The number of rotatable bonds is 4. The second-order valence-corrected chi connectivity index (χ2v) is 11.4. The highest BCUT2D eigenvalue weighted by Gasteiger charge is 2.41. The van der Waals surface area contributed by atoms with E-state index in [1.165, 1.54) is 38.8 Å². The van der Waals surface area contributed by atoms with Crippen LogP contribution >= 0.6 is 0 Å². The van der Waals surface area contributed by atoms with E-state index in [1.54, 1.807) is 7.05 Å². The van der Waals surface area contributed by atoms with Gasteiger partial charge >= 0.3 is 0 Å². The van der Waals surface area contributed by atoms with Gasteiger partial charge in [-0.15, -0.1) is 0 Å². The number of sulfone groups is 1. The third-order valence-corrected chi connectivity index (χ3v) is 8.44. The highest BCUT2D eigenvalue weighted by molar-refractivity contribution is 7.92. The maximum atomic E-state index is 12.3. The molecule has 0 aromatic carbocycles. The molecule has 2 heterocycles. The van der Waals surface area contributed by atoms with Gasteiger partial charge in [0.1, 0.15) is 0 Å². The van der Waals surface area contributed by atoms with Crippen LogP contribution in [0, 0.1) is 5.92 Å². The molecule has 0 aliphatic carbocycles. The minimum atomic E-state index is -3.03. The maximum absolute atomic E-state index is 12.3. The van der Waals surface area contributed by atoms with Crippen molar-refractivity contribution >= 4 is 15.8 Å². The molecule has 0 aromatic heterocycles. The molecule has 0 radical (unpaired) electrons. The molecule has 1 N–H and O–H groups in total. The van der Waals surface area contributed by atoms with Crippen molar-refractivity contribution in [2.24, 2.45) is 10.9 Å². The standard InChI is InChI=1S/C19H38N4O2S/c1-16(2)17(22-10-8-6-7-9-11-22)14-21-18(20-5)23-12-13-26(24,25)19(3,4)15-23/h16-17H,6-15H2,1-5H3,(H,20,21). The number of hydrogen-bond acceptors (Lipinski definition) is 4. The summed E-state index contributed by atoms with van der Waals surface area (Å²) in [7, 11) is -1.25. The molecule has 26 heavy (non-hydrogen) atoms. The molecule has 6 nitrogen and oxygen atoms in total. The zero-order chi connectivity index (χ0) is 19.4. The van der Waals surface area contributed by atoms with Crippen LogP contribution in [0.25, 0.3) is 0 Å². The summed E-state index contributed by atoms with van der Waals surface area (Å²) in [5, 5.41) is 3.54. The smallest absolute Gasteiger partial charge is 0.193 e. The average Bonchev–Trinajstić information content (AvgIpc) is 2.83. The normalized spacial score (nSPS) is 25.8. The third-order valence-electron chi connectivity index (χ3n) is 5.90. The Morgan fingerprint density at radius 1 is 1.12 bits per heavy atom. The van der Waals surface area contributed by atoms with Gasteiger partial charge in [-0.2, -0.15) is 0 Å². The van der Waals surface area contributed by atoms with Crippen molar-refractivity contribution in [3.05, 3.63) is 0 Å². The van der Waals surface area contributed by atoms with Crippen LogP contribution in [0.3, 0.4) is 0 Å². The Morgan fingerprint density at radius 3 is 2.23 bits per heavy atom. The molecule has 152 valence electrons. The molecule has 2 aliphatic heterocycles. The molecular formula is C19H38N4O2S. The predicted octanol–water partition coefficient (Wildman–Crippen LogP) is 1.97. The van der Waals surface area contributed by atoms with Gasteiger partial charge in [-0.25, -0.2) is 8.42 Å². The van der Waals surface area contributed by atoms with Crippen molar-refractivity contribution in [2.75, 3.05) is 45.5 Å². The van der Waals surface area contributed by atoms with E-state index in [1.807, 2.05) is 13.8 Å². The Morgan fingerprint density at radius 2 is 1.73 bits per heavy atom. The molecule has 1 unspecified atom stereocenters. The molecule has 1 atom stereocenters. The monoisotopic (exact) mass is 386 g/mol. The van der Waals surface area contributed by atoms with Gasteiger partial charge in [-0.3, -0.25) is 9.89 Å². The third kappa shape index (κ3) is 5.12. The summed E-state index contributed by atoms with van der Waals surface area (Å²) in [5.74, 6) is 1.59. The molecule has 0 bridgehead atoms. The van der Waals surface area contributed by atoms with Crippen molar-refractivity contribution in [1.82, 2.24) is 15.1 Å². The first kappa shape index (κ1) is 21.5. The minimum Gasteiger partial charge on any atom is -0.355 e. The predicted molar refractivity (Wildman–Crippen MR) is 109 cm³/mol. The van der Waals surface area contributed by atoms with E-state index in [4.69, 9.17) is 0 Å². The molecule has 2 fully saturated rings. The zero-order valence-corrected chi connectivity index (χ0v) is 18.1.